The molecule has 0 aliphatic heterocycles. The first-order valence-electron chi connectivity index (χ1n) is 7.53. The van der Waals surface area contributed by atoms with E-state index in [0.717, 1.165) is 38.4 Å². The summed E-state index contributed by atoms with van der Waals surface area (Å²) in [6.07, 6.45) is 3.21. The van der Waals surface area contributed by atoms with Crippen LogP contribution in [-0.4, -0.2) is 30.0 Å². The number of methoxy groups -OCH3 is 1. The molecule has 0 amide bonds. The number of hydrogen-bond donors (Lipinski definition) is 1. The molecular formula is C17H25N3O. The number of aromatic nitrogens is 2. The lowest BCUT2D eigenvalue weighted by atomic mass is 10.1. The lowest BCUT2D eigenvalue weighted by Gasteiger charge is -2.03. The highest BCUT2D eigenvalue weighted by molar-refractivity contribution is 5.23. The van der Waals surface area contributed by atoms with E-state index in [4.69, 9.17) is 4.74 Å². The van der Waals surface area contributed by atoms with Crippen molar-refractivity contribution in [2.24, 2.45) is 0 Å². The molecule has 114 valence electrons. The fraction of sp³-hybridized carbons (Fsp3) is 0.471. The normalized spacial score (nSPS) is 11.0. The smallest absolute Gasteiger partial charge is 0.0659 e. The maximum Gasteiger partial charge on any atom is 0.0659 e. The van der Waals surface area contributed by atoms with Gasteiger partial charge >= 0.3 is 0 Å². The Bertz CT molecular complexity index is 546. The summed E-state index contributed by atoms with van der Waals surface area (Å²) in [7, 11) is 1.72. The minimum atomic E-state index is 0.733. The van der Waals surface area contributed by atoms with E-state index in [1.165, 1.54) is 16.7 Å². The molecule has 21 heavy (non-hydrogen) atoms. The van der Waals surface area contributed by atoms with Crippen molar-refractivity contribution >= 4 is 0 Å². The number of nitrogens with zero attached hydrogens (tertiary/aromatic N) is 2. The summed E-state index contributed by atoms with van der Waals surface area (Å²) in [4.78, 5) is 0. The van der Waals surface area contributed by atoms with Crippen molar-refractivity contribution in [1.82, 2.24) is 15.1 Å². The van der Waals surface area contributed by atoms with Crippen LogP contribution in [0.15, 0.2) is 30.5 Å². The first kappa shape index (κ1) is 15.7. The third-order valence-corrected chi connectivity index (χ3v) is 3.62. The maximum atomic E-state index is 5.03. The molecule has 4 nitrogen and oxygen atoms in total. The van der Waals surface area contributed by atoms with Crippen LogP contribution in [0.5, 0.6) is 0 Å². The van der Waals surface area contributed by atoms with E-state index in [0.29, 0.717) is 0 Å². The van der Waals surface area contributed by atoms with Crippen LogP contribution in [0.2, 0.25) is 0 Å². The van der Waals surface area contributed by atoms with E-state index in [-0.39, 0.29) is 0 Å². The number of benzene rings is 1. The van der Waals surface area contributed by atoms with Gasteiger partial charge in [-0.25, -0.2) is 0 Å². The topological polar surface area (TPSA) is 39.1 Å². The average molecular weight is 287 g/mol. The molecule has 4 heteroatoms. The minimum absolute atomic E-state index is 0.733. The van der Waals surface area contributed by atoms with E-state index in [1.807, 2.05) is 4.68 Å². The Kier molecular flexibility index (Phi) is 5.96. The predicted molar refractivity (Wildman–Crippen MR) is 85.5 cm³/mol. The molecule has 1 heterocycles. The van der Waals surface area contributed by atoms with Crippen LogP contribution in [0, 0.1) is 6.92 Å². The van der Waals surface area contributed by atoms with Crippen LogP contribution in [-0.2, 0) is 24.2 Å². The van der Waals surface area contributed by atoms with Gasteiger partial charge in [0, 0.05) is 32.0 Å². The summed E-state index contributed by atoms with van der Waals surface area (Å²) in [5, 5.41) is 7.95. The number of nitrogens with one attached hydrogen (secondary N) is 1. The van der Waals surface area contributed by atoms with E-state index >= 15 is 0 Å². The molecule has 0 bridgehead atoms. The molecule has 0 aliphatic rings. The van der Waals surface area contributed by atoms with E-state index in [2.05, 4.69) is 54.7 Å². The number of ether oxygens (including phenoxy) is 1. The second-order valence-electron chi connectivity index (χ2n) is 5.28. The van der Waals surface area contributed by atoms with Gasteiger partial charge in [-0.05, 0) is 24.5 Å². The molecule has 0 saturated heterocycles. The summed E-state index contributed by atoms with van der Waals surface area (Å²) in [5.74, 6) is 0. The first-order valence-corrected chi connectivity index (χ1v) is 7.53. The monoisotopic (exact) mass is 287 g/mol. The molecule has 0 saturated carbocycles. The molecule has 1 aromatic heterocycles. The summed E-state index contributed by atoms with van der Waals surface area (Å²) in [5.41, 5.74) is 4.99. The van der Waals surface area contributed by atoms with Gasteiger partial charge in [-0.2, -0.15) is 5.10 Å². The molecule has 0 fully saturated rings. The van der Waals surface area contributed by atoms with E-state index < -0.39 is 0 Å². The van der Waals surface area contributed by atoms with Crippen LogP contribution in [0.4, 0.5) is 0 Å². The van der Waals surface area contributed by atoms with Gasteiger partial charge in [0.1, 0.15) is 0 Å². The van der Waals surface area contributed by atoms with Crippen LogP contribution in [0.1, 0.15) is 29.3 Å². The van der Waals surface area contributed by atoms with Crippen molar-refractivity contribution in [1.29, 1.82) is 0 Å². The number of aryl methyl sites for hydroxylation is 2. The van der Waals surface area contributed by atoms with Crippen molar-refractivity contribution in [3.05, 3.63) is 52.8 Å². The van der Waals surface area contributed by atoms with Crippen LogP contribution >= 0.6 is 0 Å². The van der Waals surface area contributed by atoms with Gasteiger partial charge in [0.25, 0.3) is 0 Å². The van der Waals surface area contributed by atoms with Gasteiger partial charge in [-0.1, -0.05) is 31.2 Å². The quantitative estimate of drug-likeness (QED) is 0.758. The van der Waals surface area contributed by atoms with Crippen molar-refractivity contribution in [2.75, 3.05) is 20.3 Å². The Hall–Kier alpha value is -1.65. The third kappa shape index (κ3) is 4.69. The van der Waals surface area contributed by atoms with Crippen molar-refractivity contribution < 1.29 is 4.74 Å². The van der Waals surface area contributed by atoms with Gasteiger partial charge in [0.2, 0.25) is 0 Å². The maximum absolute atomic E-state index is 5.03. The molecule has 0 radical (unpaired) electrons. The van der Waals surface area contributed by atoms with E-state index in [1.54, 1.807) is 7.11 Å². The molecule has 1 aromatic carbocycles. The molecule has 0 unspecified atom stereocenters. The van der Waals surface area contributed by atoms with Gasteiger partial charge < -0.3 is 10.1 Å². The Morgan fingerprint density at radius 1 is 1.19 bits per heavy atom. The number of rotatable bonds is 8. The van der Waals surface area contributed by atoms with Gasteiger partial charge in [-0.3, -0.25) is 4.68 Å². The molecule has 0 spiro atoms. The first-order chi connectivity index (χ1) is 10.2. The van der Waals surface area contributed by atoms with Crippen molar-refractivity contribution in [2.45, 2.75) is 33.4 Å². The van der Waals surface area contributed by atoms with Gasteiger partial charge in [0.05, 0.1) is 18.8 Å². The van der Waals surface area contributed by atoms with Crippen molar-refractivity contribution in [3.8, 4) is 0 Å². The molecule has 1 N–H and O–H groups in total. The largest absolute Gasteiger partial charge is 0.383 e. The third-order valence-electron chi connectivity index (χ3n) is 3.62. The van der Waals surface area contributed by atoms with Crippen LogP contribution in [0.25, 0.3) is 0 Å². The van der Waals surface area contributed by atoms with E-state index in [9.17, 15) is 0 Å². The predicted octanol–water partition coefficient (Wildman–Crippen LogP) is 2.54. The standard InChI is InChI=1S/C17H25N3O/c1-4-15-5-7-16(8-6-15)12-20-13-17(14(2)19-20)11-18-9-10-21-3/h5-8,13,18H,4,9-12H2,1-3H3. The molecule has 0 atom stereocenters. The van der Waals surface area contributed by atoms with Crippen LogP contribution in [0.3, 0.4) is 0 Å². The highest BCUT2D eigenvalue weighted by Gasteiger charge is 2.05. The zero-order valence-electron chi connectivity index (χ0n) is 13.2. The summed E-state index contributed by atoms with van der Waals surface area (Å²) >= 11 is 0. The lowest BCUT2D eigenvalue weighted by Crippen LogP contribution is -2.18. The Balaban J connectivity index is 1.94. The Morgan fingerprint density at radius 2 is 1.90 bits per heavy atom. The van der Waals surface area contributed by atoms with Gasteiger partial charge in [0.15, 0.2) is 0 Å². The zero-order chi connectivity index (χ0) is 15.1. The minimum Gasteiger partial charge on any atom is -0.383 e. The highest BCUT2D eigenvalue weighted by atomic mass is 16.5. The fourth-order valence-corrected chi connectivity index (χ4v) is 2.28. The zero-order valence-corrected chi connectivity index (χ0v) is 13.2. The number of hydrogen-bond acceptors (Lipinski definition) is 3. The molecule has 2 rings (SSSR count). The Labute approximate surface area is 127 Å². The summed E-state index contributed by atoms with van der Waals surface area (Å²) < 4.78 is 7.05. The second kappa shape index (κ2) is 7.96. The van der Waals surface area contributed by atoms with Crippen LogP contribution < -0.4 is 5.32 Å². The summed E-state index contributed by atoms with van der Waals surface area (Å²) in [6.45, 7) is 7.49. The average Bonchev–Trinajstić information content (AvgIpc) is 2.84. The molecule has 2 aromatic rings. The summed E-state index contributed by atoms with van der Waals surface area (Å²) in [6, 6.07) is 8.76. The SMILES string of the molecule is CCc1ccc(Cn2cc(CNCCOC)c(C)n2)cc1. The van der Waals surface area contributed by atoms with Gasteiger partial charge in [-0.15, -0.1) is 0 Å². The lowest BCUT2D eigenvalue weighted by molar-refractivity contribution is 0.199. The second-order valence-corrected chi connectivity index (χ2v) is 5.28. The molecular weight excluding hydrogens is 262 g/mol. The fourth-order valence-electron chi connectivity index (χ4n) is 2.28. The highest BCUT2D eigenvalue weighted by Crippen LogP contribution is 2.10. The Morgan fingerprint density at radius 3 is 2.57 bits per heavy atom. The van der Waals surface area contributed by atoms with Crippen molar-refractivity contribution in [3.63, 3.8) is 0 Å². The molecule has 0 aliphatic carbocycles.